The van der Waals surface area contributed by atoms with Crippen molar-refractivity contribution in [1.29, 1.82) is 0 Å². The largest absolute Gasteiger partial charge is 0.443 e. The van der Waals surface area contributed by atoms with E-state index in [2.05, 4.69) is 16.9 Å². The highest BCUT2D eigenvalue weighted by atomic mass is 32.2. The maximum Gasteiger partial charge on any atom is 0.252 e. The number of sulfonamides is 1. The Bertz CT molecular complexity index is 938. The number of nitrogens with one attached hydrogen (secondary N) is 1. The van der Waals surface area contributed by atoms with Crippen LogP contribution in [0, 0.1) is 5.92 Å². The van der Waals surface area contributed by atoms with E-state index in [4.69, 9.17) is 9.15 Å². The number of amides is 1. The van der Waals surface area contributed by atoms with Crippen LogP contribution in [-0.2, 0) is 19.6 Å². The third-order valence-electron chi connectivity index (χ3n) is 4.85. The lowest BCUT2D eigenvalue weighted by Gasteiger charge is -2.32. The first-order valence-corrected chi connectivity index (χ1v) is 10.8. The summed E-state index contributed by atoms with van der Waals surface area (Å²) in [5.41, 5.74) is 0. The second kappa shape index (κ2) is 7.19. The van der Waals surface area contributed by atoms with E-state index in [0.717, 1.165) is 11.3 Å². The number of rotatable bonds is 5. The number of fused-ring (bicyclic) bond motifs is 1. The van der Waals surface area contributed by atoms with Crippen LogP contribution in [0.5, 0.6) is 0 Å². The zero-order chi connectivity index (χ0) is 19.0. The number of thiophene rings is 1. The fourth-order valence-electron chi connectivity index (χ4n) is 3.49. The standard InChI is InChI=1S/C17H19N3O5S2/c1-2-15(21)19-16-7-11-5-6-20(9-13(11)25-16)27(22,23)17-4-3-14(26-17)12-8-18-10-24-12/h2-4,8,10-11,13,16H,1,5-7,9H2,(H,19,21). The van der Waals surface area contributed by atoms with Gasteiger partial charge in [-0.25, -0.2) is 13.4 Å². The molecule has 10 heteroatoms. The molecule has 4 rings (SSSR count). The smallest absolute Gasteiger partial charge is 0.252 e. The highest BCUT2D eigenvalue weighted by molar-refractivity contribution is 7.91. The van der Waals surface area contributed by atoms with Gasteiger partial charge in [-0.05, 0) is 37.0 Å². The van der Waals surface area contributed by atoms with Crippen LogP contribution >= 0.6 is 11.3 Å². The van der Waals surface area contributed by atoms with E-state index in [1.807, 2.05) is 0 Å². The van der Waals surface area contributed by atoms with Crippen molar-refractivity contribution in [2.45, 2.75) is 29.4 Å². The van der Waals surface area contributed by atoms with E-state index in [1.165, 1.54) is 16.8 Å². The number of hydrogen-bond acceptors (Lipinski definition) is 7. The van der Waals surface area contributed by atoms with Gasteiger partial charge in [-0.2, -0.15) is 4.31 Å². The maximum atomic E-state index is 13.0. The fraction of sp³-hybridized carbons (Fsp3) is 0.412. The molecular formula is C17H19N3O5S2. The van der Waals surface area contributed by atoms with E-state index < -0.39 is 16.3 Å². The predicted molar refractivity (Wildman–Crippen MR) is 98.3 cm³/mol. The predicted octanol–water partition coefficient (Wildman–Crippen LogP) is 1.83. The lowest BCUT2D eigenvalue weighted by Crippen LogP contribution is -2.45. The second-order valence-electron chi connectivity index (χ2n) is 6.51. The summed E-state index contributed by atoms with van der Waals surface area (Å²) in [5.74, 6) is 0.487. The molecule has 2 aliphatic heterocycles. The Morgan fingerprint density at radius 2 is 2.30 bits per heavy atom. The molecule has 0 aliphatic carbocycles. The molecule has 1 amide bonds. The molecule has 8 nitrogen and oxygen atoms in total. The number of ether oxygens (including phenoxy) is 1. The van der Waals surface area contributed by atoms with Crippen LogP contribution in [-0.4, -0.2) is 49.0 Å². The molecule has 2 aliphatic rings. The second-order valence-corrected chi connectivity index (χ2v) is 9.76. The molecule has 0 radical (unpaired) electrons. The van der Waals surface area contributed by atoms with Crippen LogP contribution in [0.15, 0.2) is 46.0 Å². The van der Waals surface area contributed by atoms with Crippen molar-refractivity contribution in [3.63, 3.8) is 0 Å². The van der Waals surface area contributed by atoms with Crippen LogP contribution in [0.3, 0.4) is 0 Å². The first-order chi connectivity index (χ1) is 13.0. The number of hydrogen-bond donors (Lipinski definition) is 1. The van der Waals surface area contributed by atoms with Crippen LogP contribution in [0.25, 0.3) is 10.6 Å². The molecule has 2 aromatic heterocycles. The molecule has 2 fully saturated rings. The molecule has 0 aromatic carbocycles. The third kappa shape index (κ3) is 3.57. The van der Waals surface area contributed by atoms with Crippen molar-refractivity contribution in [2.24, 2.45) is 5.92 Å². The van der Waals surface area contributed by atoms with Gasteiger partial charge in [0, 0.05) is 13.1 Å². The number of nitrogens with zero attached hydrogens (tertiary/aromatic N) is 2. The normalized spacial score (nSPS) is 25.9. The molecule has 3 atom stereocenters. The SMILES string of the molecule is C=CC(=O)NC1CC2CCN(S(=O)(=O)c3ccc(-c4cnco4)s3)CC2O1. The van der Waals surface area contributed by atoms with Crippen molar-refractivity contribution < 1.29 is 22.4 Å². The summed E-state index contributed by atoms with van der Waals surface area (Å²) in [6, 6.07) is 3.31. The highest BCUT2D eigenvalue weighted by Gasteiger charge is 2.43. The van der Waals surface area contributed by atoms with Crippen LogP contribution < -0.4 is 5.32 Å². The van der Waals surface area contributed by atoms with Gasteiger partial charge < -0.3 is 14.5 Å². The molecule has 0 saturated carbocycles. The number of oxazole rings is 1. The summed E-state index contributed by atoms with van der Waals surface area (Å²) >= 11 is 1.16. The Kier molecular flexibility index (Phi) is 4.89. The summed E-state index contributed by atoms with van der Waals surface area (Å²) in [6.07, 6.45) is 4.83. The van der Waals surface area contributed by atoms with Crippen LogP contribution in [0.4, 0.5) is 0 Å². The minimum Gasteiger partial charge on any atom is -0.443 e. The molecule has 0 bridgehead atoms. The van der Waals surface area contributed by atoms with Gasteiger partial charge in [0.15, 0.2) is 12.2 Å². The average Bonchev–Trinajstić information content (AvgIpc) is 3.39. The Balaban J connectivity index is 1.46. The van der Waals surface area contributed by atoms with Crippen molar-refractivity contribution in [2.75, 3.05) is 13.1 Å². The number of carbonyl (C=O) groups excluding carboxylic acids is 1. The van der Waals surface area contributed by atoms with Crippen molar-refractivity contribution in [3.05, 3.63) is 37.4 Å². The van der Waals surface area contributed by atoms with Gasteiger partial charge in [0.05, 0.1) is 17.2 Å². The number of aromatic nitrogens is 1. The Morgan fingerprint density at radius 3 is 3.04 bits per heavy atom. The van der Waals surface area contributed by atoms with Gasteiger partial charge in [0.1, 0.15) is 10.4 Å². The van der Waals surface area contributed by atoms with Crippen molar-refractivity contribution in [3.8, 4) is 10.6 Å². The first-order valence-electron chi connectivity index (χ1n) is 8.54. The maximum absolute atomic E-state index is 13.0. The van der Waals surface area contributed by atoms with E-state index in [9.17, 15) is 13.2 Å². The first kappa shape index (κ1) is 18.4. The Labute approximate surface area is 160 Å². The fourth-order valence-corrected chi connectivity index (χ4v) is 6.37. The molecule has 144 valence electrons. The van der Waals surface area contributed by atoms with E-state index in [-0.39, 0.29) is 28.7 Å². The summed E-state index contributed by atoms with van der Waals surface area (Å²) in [5, 5.41) is 2.73. The molecular weight excluding hydrogens is 390 g/mol. The summed E-state index contributed by atoms with van der Waals surface area (Å²) in [4.78, 5) is 16.0. The lowest BCUT2D eigenvalue weighted by atomic mass is 9.94. The molecule has 2 aromatic rings. The monoisotopic (exact) mass is 409 g/mol. The molecule has 0 spiro atoms. The molecule has 4 heterocycles. The Morgan fingerprint density at radius 1 is 1.44 bits per heavy atom. The quantitative estimate of drug-likeness (QED) is 0.756. The van der Waals surface area contributed by atoms with E-state index in [1.54, 1.807) is 18.3 Å². The van der Waals surface area contributed by atoms with Gasteiger partial charge in [0.25, 0.3) is 10.0 Å². The molecule has 3 unspecified atom stereocenters. The zero-order valence-electron chi connectivity index (χ0n) is 14.4. The van der Waals surface area contributed by atoms with Gasteiger partial charge in [-0.3, -0.25) is 4.79 Å². The van der Waals surface area contributed by atoms with Gasteiger partial charge in [-0.1, -0.05) is 6.58 Å². The summed E-state index contributed by atoms with van der Waals surface area (Å²) < 4.78 is 38.8. The minimum atomic E-state index is -3.61. The van der Waals surface area contributed by atoms with Crippen molar-refractivity contribution in [1.82, 2.24) is 14.6 Å². The van der Waals surface area contributed by atoms with Gasteiger partial charge in [-0.15, -0.1) is 11.3 Å². The third-order valence-corrected chi connectivity index (χ3v) is 8.29. The van der Waals surface area contributed by atoms with Crippen LogP contribution in [0.2, 0.25) is 0 Å². The minimum absolute atomic E-state index is 0.225. The molecule has 27 heavy (non-hydrogen) atoms. The Hall–Kier alpha value is -2.01. The number of carbonyl (C=O) groups is 1. The topological polar surface area (TPSA) is 102 Å². The zero-order valence-corrected chi connectivity index (χ0v) is 16.0. The molecule has 1 N–H and O–H groups in total. The van der Waals surface area contributed by atoms with Crippen molar-refractivity contribution >= 4 is 27.3 Å². The van der Waals surface area contributed by atoms with E-state index in [0.29, 0.717) is 30.0 Å². The van der Waals surface area contributed by atoms with Gasteiger partial charge in [0.2, 0.25) is 5.91 Å². The molecule has 2 saturated heterocycles. The lowest BCUT2D eigenvalue weighted by molar-refractivity contribution is -0.120. The summed E-state index contributed by atoms with van der Waals surface area (Å²) in [6.45, 7) is 4.14. The number of piperidine rings is 1. The van der Waals surface area contributed by atoms with Crippen LogP contribution in [0.1, 0.15) is 12.8 Å². The highest BCUT2D eigenvalue weighted by Crippen LogP contribution is 2.37. The summed E-state index contributed by atoms with van der Waals surface area (Å²) in [7, 11) is -3.61. The average molecular weight is 409 g/mol. The van der Waals surface area contributed by atoms with E-state index >= 15 is 0 Å². The van der Waals surface area contributed by atoms with Gasteiger partial charge >= 0.3 is 0 Å².